The smallest absolute Gasteiger partial charge is 0.256 e. The Balaban J connectivity index is 2.27. The monoisotopic (exact) mass is 228 g/mol. The molecule has 3 nitrogen and oxygen atoms in total. The maximum atomic E-state index is 11.6. The molecule has 0 saturated carbocycles. The van der Waals surface area contributed by atoms with Crippen LogP contribution in [0, 0.1) is 0 Å². The molecule has 0 amide bonds. The minimum Gasteiger partial charge on any atom is -0.269 e. The summed E-state index contributed by atoms with van der Waals surface area (Å²) in [7, 11) is 0. The third-order valence-electron chi connectivity index (χ3n) is 2.31. The van der Waals surface area contributed by atoms with Crippen LogP contribution in [0.1, 0.15) is 0 Å². The van der Waals surface area contributed by atoms with Crippen LogP contribution in [0.2, 0.25) is 0 Å². The molecule has 0 saturated heterocycles. The van der Waals surface area contributed by atoms with E-state index in [0.717, 1.165) is 10.2 Å². The fraction of sp³-hybridized carbons (Fsp3) is 0. The first-order valence-corrected chi connectivity index (χ1v) is 5.70. The summed E-state index contributed by atoms with van der Waals surface area (Å²) >= 11 is 1.52. The van der Waals surface area contributed by atoms with E-state index >= 15 is 0 Å². The van der Waals surface area contributed by atoms with Gasteiger partial charge >= 0.3 is 0 Å². The maximum Gasteiger partial charge on any atom is 0.256 e. The minimum atomic E-state index is -0.0541. The molecule has 0 bridgehead atoms. The van der Waals surface area contributed by atoms with Crippen molar-refractivity contribution in [2.45, 2.75) is 0 Å². The normalized spacial score (nSPS) is 10.8. The summed E-state index contributed by atoms with van der Waals surface area (Å²) in [4.78, 5) is 16.1. The molecule has 1 aromatic carbocycles. The Hall–Kier alpha value is -1.94. The SMILES string of the molecule is O=c1ccccn1-c1nc2ccccc2s1. The fourth-order valence-electron chi connectivity index (χ4n) is 1.55. The Morgan fingerprint density at radius 2 is 1.88 bits per heavy atom. The summed E-state index contributed by atoms with van der Waals surface area (Å²) < 4.78 is 2.65. The lowest BCUT2D eigenvalue weighted by Crippen LogP contribution is -2.14. The molecule has 4 heteroatoms. The topological polar surface area (TPSA) is 34.9 Å². The molecule has 16 heavy (non-hydrogen) atoms. The molecule has 2 aromatic heterocycles. The molecular formula is C12H8N2OS. The third-order valence-corrected chi connectivity index (χ3v) is 3.35. The van der Waals surface area contributed by atoms with Crippen LogP contribution in [0.15, 0.2) is 53.5 Å². The second-order valence-electron chi connectivity index (χ2n) is 3.37. The molecule has 0 N–H and O–H groups in total. The zero-order valence-corrected chi connectivity index (χ0v) is 9.15. The average Bonchev–Trinajstić information content (AvgIpc) is 2.73. The van der Waals surface area contributed by atoms with E-state index < -0.39 is 0 Å². The van der Waals surface area contributed by atoms with E-state index in [9.17, 15) is 4.79 Å². The highest BCUT2D eigenvalue weighted by Crippen LogP contribution is 2.23. The number of pyridine rings is 1. The van der Waals surface area contributed by atoms with Gasteiger partial charge in [0.1, 0.15) is 0 Å². The van der Waals surface area contributed by atoms with Gasteiger partial charge < -0.3 is 0 Å². The van der Waals surface area contributed by atoms with Gasteiger partial charge in [-0.25, -0.2) is 4.98 Å². The summed E-state index contributed by atoms with van der Waals surface area (Å²) in [6.45, 7) is 0. The molecule has 0 aliphatic rings. The molecule has 0 unspecified atom stereocenters. The van der Waals surface area contributed by atoms with E-state index in [1.165, 1.54) is 17.4 Å². The minimum absolute atomic E-state index is 0.0541. The van der Waals surface area contributed by atoms with E-state index in [-0.39, 0.29) is 5.56 Å². The number of aromatic nitrogens is 2. The Kier molecular flexibility index (Phi) is 2.08. The summed E-state index contributed by atoms with van der Waals surface area (Å²) in [5.74, 6) is 0. The summed E-state index contributed by atoms with van der Waals surface area (Å²) in [6, 6.07) is 13.0. The van der Waals surface area contributed by atoms with Crippen molar-refractivity contribution in [2.75, 3.05) is 0 Å². The summed E-state index contributed by atoms with van der Waals surface area (Å²) in [5.41, 5.74) is 0.875. The number of hydrogen-bond donors (Lipinski definition) is 0. The van der Waals surface area contributed by atoms with Crippen LogP contribution >= 0.6 is 11.3 Å². The van der Waals surface area contributed by atoms with Gasteiger partial charge in [-0.15, -0.1) is 0 Å². The van der Waals surface area contributed by atoms with Gasteiger partial charge in [-0.05, 0) is 18.2 Å². The van der Waals surface area contributed by atoms with E-state index in [2.05, 4.69) is 4.98 Å². The van der Waals surface area contributed by atoms with E-state index in [1.807, 2.05) is 30.3 Å². The lowest BCUT2D eigenvalue weighted by Gasteiger charge is -1.97. The third kappa shape index (κ3) is 1.44. The van der Waals surface area contributed by atoms with Crippen molar-refractivity contribution in [3.05, 3.63) is 59.0 Å². The fourth-order valence-corrected chi connectivity index (χ4v) is 2.50. The molecule has 2 heterocycles. The van der Waals surface area contributed by atoms with Crippen molar-refractivity contribution < 1.29 is 0 Å². The van der Waals surface area contributed by atoms with Crippen LogP contribution in [0.4, 0.5) is 0 Å². The van der Waals surface area contributed by atoms with Gasteiger partial charge in [-0.1, -0.05) is 29.5 Å². The average molecular weight is 228 g/mol. The highest BCUT2D eigenvalue weighted by atomic mass is 32.1. The van der Waals surface area contributed by atoms with Crippen molar-refractivity contribution >= 4 is 21.6 Å². The molecule has 0 radical (unpaired) electrons. The molecule has 3 aromatic rings. The first kappa shape index (κ1) is 9.30. The standard InChI is InChI=1S/C12H8N2OS/c15-11-7-3-4-8-14(11)12-13-9-5-1-2-6-10(9)16-12/h1-8H. The van der Waals surface area contributed by atoms with Gasteiger partial charge in [-0.3, -0.25) is 9.36 Å². The zero-order valence-electron chi connectivity index (χ0n) is 8.33. The van der Waals surface area contributed by atoms with Gasteiger partial charge in [0.25, 0.3) is 5.56 Å². The van der Waals surface area contributed by atoms with E-state index in [4.69, 9.17) is 0 Å². The van der Waals surface area contributed by atoms with Crippen molar-refractivity contribution in [3.8, 4) is 5.13 Å². The van der Waals surface area contributed by atoms with Crippen molar-refractivity contribution in [1.29, 1.82) is 0 Å². The van der Waals surface area contributed by atoms with Gasteiger partial charge in [-0.2, -0.15) is 0 Å². The molecule has 0 spiro atoms. The second-order valence-corrected chi connectivity index (χ2v) is 4.38. The highest BCUT2D eigenvalue weighted by molar-refractivity contribution is 7.20. The first-order valence-electron chi connectivity index (χ1n) is 4.88. The van der Waals surface area contributed by atoms with Crippen LogP contribution in [-0.2, 0) is 0 Å². The summed E-state index contributed by atoms with van der Waals surface area (Å²) in [6.07, 6.45) is 1.74. The number of nitrogens with zero attached hydrogens (tertiary/aromatic N) is 2. The van der Waals surface area contributed by atoms with Crippen molar-refractivity contribution in [3.63, 3.8) is 0 Å². The molecule has 0 atom stereocenters. The lowest BCUT2D eigenvalue weighted by molar-refractivity contribution is 0.978. The number of thiazole rings is 1. The highest BCUT2D eigenvalue weighted by Gasteiger charge is 2.05. The molecule has 78 valence electrons. The Labute approximate surface area is 95.6 Å². The number of benzene rings is 1. The predicted molar refractivity (Wildman–Crippen MR) is 65.2 cm³/mol. The van der Waals surface area contributed by atoms with Crippen molar-refractivity contribution in [1.82, 2.24) is 9.55 Å². The quantitative estimate of drug-likeness (QED) is 0.641. The predicted octanol–water partition coefficient (Wildman–Crippen LogP) is 2.45. The molecule has 3 rings (SSSR count). The molecule has 0 aliphatic heterocycles. The number of rotatable bonds is 1. The van der Waals surface area contributed by atoms with Crippen molar-refractivity contribution in [2.24, 2.45) is 0 Å². The number of fused-ring (bicyclic) bond motifs is 1. The molecule has 0 aliphatic carbocycles. The lowest BCUT2D eigenvalue weighted by atomic mass is 10.3. The van der Waals surface area contributed by atoms with Crippen LogP contribution in [0.5, 0.6) is 0 Å². The zero-order chi connectivity index (χ0) is 11.0. The van der Waals surface area contributed by atoms with Crippen LogP contribution in [0.3, 0.4) is 0 Å². The van der Waals surface area contributed by atoms with E-state index in [1.54, 1.807) is 16.8 Å². The Morgan fingerprint density at radius 3 is 2.69 bits per heavy atom. The second kappa shape index (κ2) is 3.57. The van der Waals surface area contributed by atoms with Crippen LogP contribution in [-0.4, -0.2) is 9.55 Å². The summed E-state index contributed by atoms with van der Waals surface area (Å²) in [5, 5.41) is 0.715. The first-order chi connectivity index (χ1) is 7.84. The number of hydrogen-bond acceptors (Lipinski definition) is 3. The maximum absolute atomic E-state index is 11.6. The molecule has 0 fully saturated rings. The number of para-hydroxylation sites is 1. The van der Waals surface area contributed by atoms with E-state index in [0.29, 0.717) is 5.13 Å². The van der Waals surface area contributed by atoms with Gasteiger partial charge in [0.05, 0.1) is 10.2 Å². The Morgan fingerprint density at radius 1 is 1.06 bits per heavy atom. The van der Waals surface area contributed by atoms with Gasteiger partial charge in [0.2, 0.25) is 0 Å². The Bertz CT molecular complexity index is 666. The largest absolute Gasteiger partial charge is 0.269 e. The van der Waals surface area contributed by atoms with Gasteiger partial charge in [0.15, 0.2) is 5.13 Å². The van der Waals surface area contributed by atoms with Crippen LogP contribution in [0.25, 0.3) is 15.3 Å². The van der Waals surface area contributed by atoms with Gasteiger partial charge in [0, 0.05) is 12.3 Å². The van der Waals surface area contributed by atoms with Crippen LogP contribution < -0.4 is 5.56 Å². The molecular weight excluding hydrogens is 220 g/mol.